The molecule has 0 aliphatic carbocycles. The SMILES string of the molecule is CSc1ccc(CN2C(=O)N[C@](C)(c3ccc(C)cc3)C2=O)cc1. The summed E-state index contributed by atoms with van der Waals surface area (Å²) in [6.07, 6.45) is 2.01. The Labute approximate surface area is 146 Å². The van der Waals surface area contributed by atoms with Gasteiger partial charge in [-0.2, -0.15) is 0 Å². The van der Waals surface area contributed by atoms with Crippen LogP contribution in [0.4, 0.5) is 4.79 Å². The van der Waals surface area contributed by atoms with Crippen LogP contribution in [0.1, 0.15) is 23.6 Å². The number of hydrogen-bond donors (Lipinski definition) is 1. The molecular weight excluding hydrogens is 320 g/mol. The van der Waals surface area contributed by atoms with E-state index in [1.807, 2.05) is 61.7 Å². The molecule has 0 radical (unpaired) electrons. The van der Waals surface area contributed by atoms with E-state index in [2.05, 4.69) is 5.32 Å². The Kier molecular flexibility index (Phi) is 4.37. The number of rotatable bonds is 4. The van der Waals surface area contributed by atoms with Crippen LogP contribution in [0.15, 0.2) is 53.4 Å². The quantitative estimate of drug-likeness (QED) is 0.682. The summed E-state index contributed by atoms with van der Waals surface area (Å²) in [5.74, 6) is -0.217. The zero-order valence-electron chi connectivity index (χ0n) is 14.0. The van der Waals surface area contributed by atoms with Gasteiger partial charge in [0.05, 0.1) is 6.54 Å². The van der Waals surface area contributed by atoms with E-state index in [9.17, 15) is 9.59 Å². The number of imide groups is 1. The fourth-order valence-electron chi connectivity index (χ4n) is 2.84. The van der Waals surface area contributed by atoms with Gasteiger partial charge in [-0.1, -0.05) is 42.0 Å². The average molecular weight is 340 g/mol. The molecule has 0 spiro atoms. The second-order valence-electron chi connectivity index (χ2n) is 6.16. The van der Waals surface area contributed by atoms with Gasteiger partial charge in [-0.3, -0.25) is 9.69 Å². The predicted molar refractivity (Wildman–Crippen MR) is 95.8 cm³/mol. The lowest BCUT2D eigenvalue weighted by Gasteiger charge is -2.22. The molecule has 0 unspecified atom stereocenters. The van der Waals surface area contributed by atoms with Gasteiger partial charge < -0.3 is 5.32 Å². The molecule has 0 aromatic heterocycles. The maximum atomic E-state index is 12.9. The van der Waals surface area contributed by atoms with Crippen molar-refractivity contribution in [3.8, 4) is 0 Å². The van der Waals surface area contributed by atoms with Crippen LogP contribution in [0.25, 0.3) is 0 Å². The summed E-state index contributed by atoms with van der Waals surface area (Å²) in [6.45, 7) is 4.03. The minimum absolute atomic E-state index is 0.217. The third-order valence-corrected chi connectivity index (χ3v) is 5.15. The molecule has 2 aromatic carbocycles. The molecule has 1 saturated heterocycles. The Morgan fingerprint density at radius 1 is 1.04 bits per heavy atom. The molecule has 0 bridgehead atoms. The first-order valence-corrected chi connectivity index (χ1v) is 9.01. The second-order valence-corrected chi connectivity index (χ2v) is 7.04. The van der Waals surface area contributed by atoms with E-state index in [1.54, 1.807) is 18.7 Å². The highest BCUT2D eigenvalue weighted by Crippen LogP contribution is 2.30. The number of aryl methyl sites for hydroxylation is 1. The molecule has 0 saturated carbocycles. The smallest absolute Gasteiger partial charge is 0.319 e. The standard InChI is InChI=1S/C19H20N2O2S/c1-13-4-8-15(9-5-13)19(2)17(22)21(18(23)20-19)12-14-6-10-16(24-3)11-7-14/h4-11H,12H2,1-3H3,(H,20,23)/t19-/m1/s1. The van der Waals surface area contributed by atoms with E-state index in [0.29, 0.717) is 0 Å². The van der Waals surface area contributed by atoms with Crippen LogP contribution in [0.3, 0.4) is 0 Å². The van der Waals surface area contributed by atoms with Gasteiger partial charge in [-0.25, -0.2) is 4.79 Å². The number of hydrogen-bond acceptors (Lipinski definition) is 3. The lowest BCUT2D eigenvalue weighted by Crippen LogP contribution is -2.40. The van der Waals surface area contributed by atoms with Crippen LogP contribution in [0.5, 0.6) is 0 Å². The van der Waals surface area contributed by atoms with E-state index < -0.39 is 5.54 Å². The largest absolute Gasteiger partial charge is 0.325 e. The van der Waals surface area contributed by atoms with Gasteiger partial charge in [-0.15, -0.1) is 11.8 Å². The number of nitrogens with one attached hydrogen (secondary N) is 1. The molecule has 2 aromatic rings. The van der Waals surface area contributed by atoms with Crippen LogP contribution in [0.2, 0.25) is 0 Å². The van der Waals surface area contributed by atoms with Crippen molar-refractivity contribution in [1.29, 1.82) is 0 Å². The number of thioether (sulfide) groups is 1. The Hall–Kier alpha value is -2.27. The third-order valence-electron chi connectivity index (χ3n) is 4.40. The minimum atomic E-state index is -1.01. The van der Waals surface area contributed by atoms with Gasteiger partial charge >= 0.3 is 6.03 Å². The Morgan fingerprint density at radius 3 is 2.25 bits per heavy atom. The summed E-state index contributed by atoms with van der Waals surface area (Å²) in [6, 6.07) is 15.2. The fourth-order valence-corrected chi connectivity index (χ4v) is 3.24. The molecule has 1 aliphatic heterocycles. The summed E-state index contributed by atoms with van der Waals surface area (Å²) in [4.78, 5) is 27.7. The number of urea groups is 1. The van der Waals surface area contributed by atoms with Crippen molar-refractivity contribution in [2.24, 2.45) is 0 Å². The van der Waals surface area contributed by atoms with Crippen molar-refractivity contribution in [2.45, 2.75) is 30.8 Å². The zero-order chi connectivity index (χ0) is 17.3. The van der Waals surface area contributed by atoms with Crippen LogP contribution in [-0.4, -0.2) is 23.1 Å². The summed E-state index contributed by atoms with van der Waals surface area (Å²) in [5.41, 5.74) is 1.84. The Morgan fingerprint density at radius 2 is 1.67 bits per heavy atom. The van der Waals surface area contributed by atoms with Gasteiger partial charge in [0.15, 0.2) is 0 Å². The normalized spacial score (nSPS) is 20.4. The summed E-state index contributed by atoms with van der Waals surface area (Å²) in [5, 5.41) is 2.84. The van der Waals surface area contributed by atoms with E-state index in [1.165, 1.54) is 4.90 Å². The molecular formula is C19H20N2O2S. The Bertz CT molecular complexity index is 771. The third kappa shape index (κ3) is 2.91. The van der Waals surface area contributed by atoms with Gasteiger partial charge in [-0.05, 0) is 43.4 Å². The maximum Gasteiger partial charge on any atom is 0.325 e. The molecule has 24 heavy (non-hydrogen) atoms. The number of benzene rings is 2. The summed E-state index contributed by atoms with van der Waals surface area (Å²) >= 11 is 1.66. The van der Waals surface area contributed by atoms with Crippen molar-refractivity contribution in [1.82, 2.24) is 10.2 Å². The van der Waals surface area contributed by atoms with Crippen LogP contribution >= 0.6 is 11.8 Å². The minimum Gasteiger partial charge on any atom is -0.319 e. The summed E-state index contributed by atoms with van der Waals surface area (Å²) < 4.78 is 0. The van der Waals surface area contributed by atoms with Gasteiger partial charge in [0.1, 0.15) is 5.54 Å². The number of carbonyl (C=O) groups is 2. The molecule has 1 atom stereocenters. The van der Waals surface area contributed by atoms with E-state index in [4.69, 9.17) is 0 Å². The van der Waals surface area contributed by atoms with Gasteiger partial charge in [0.25, 0.3) is 5.91 Å². The molecule has 1 N–H and O–H groups in total. The highest BCUT2D eigenvalue weighted by Gasteiger charge is 2.48. The number of carbonyl (C=O) groups excluding carboxylic acids is 2. The second kappa shape index (κ2) is 6.32. The topological polar surface area (TPSA) is 49.4 Å². The lowest BCUT2D eigenvalue weighted by molar-refractivity contribution is -0.131. The van der Waals surface area contributed by atoms with Crippen molar-refractivity contribution >= 4 is 23.7 Å². The first-order valence-electron chi connectivity index (χ1n) is 7.78. The highest BCUT2D eigenvalue weighted by molar-refractivity contribution is 7.98. The van der Waals surface area contributed by atoms with Crippen molar-refractivity contribution in [2.75, 3.05) is 6.26 Å². The number of amides is 3. The van der Waals surface area contributed by atoms with Crippen LogP contribution < -0.4 is 5.32 Å². The van der Waals surface area contributed by atoms with E-state index in [-0.39, 0.29) is 18.5 Å². The first-order chi connectivity index (χ1) is 11.4. The van der Waals surface area contributed by atoms with Crippen molar-refractivity contribution < 1.29 is 9.59 Å². The van der Waals surface area contributed by atoms with E-state index >= 15 is 0 Å². The molecule has 124 valence electrons. The van der Waals surface area contributed by atoms with Crippen LogP contribution in [-0.2, 0) is 16.9 Å². The van der Waals surface area contributed by atoms with Gasteiger partial charge in [0.2, 0.25) is 0 Å². The summed E-state index contributed by atoms with van der Waals surface area (Å²) in [7, 11) is 0. The van der Waals surface area contributed by atoms with Crippen molar-refractivity contribution in [3.63, 3.8) is 0 Å². The Balaban J connectivity index is 1.84. The average Bonchev–Trinajstić information content (AvgIpc) is 2.80. The van der Waals surface area contributed by atoms with Gasteiger partial charge in [0, 0.05) is 4.90 Å². The zero-order valence-corrected chi connectivity index (χ0v) is 14.8. The molecule has 1 aliphatic rings. The lowest BCUT2D eigenvalue weighted by atomic mass is 9.91. The predicted octanol–water partition coefficient (Wildman–Crippen LogP) is 3.68. The molecule has 3 amide bonds. The fraction of sp³-hybridized carbons (Fsp3) is 0.263. The first kappa shape index (κ1) is 16.6. The van der Waals surface area contributed by atoms with E-state index in [0.717, 1.165) is 21.6 Å². The number of nitrogens with zero attached hydrogens (tertiary/aromatic N) is 1. The molecule has 3 rings (SSSR count). The molecule has 5 heteroatoms. The molecule has 4 nitrogen and oxygen atoms in total. The monoisotopic (exact) mass is 340 g/mol. The maximum absolute atomic E-state index is 12.9. The molecule has 1 heterocycles. The van der Waals surface area contributed by atoms with Crippen LogP contribution in [0, 0.1) is 6.92 Å². The van der Waals surface area contributed by atoms with Crippen molar-refractivity contribution in [3.05, 3.63) is 65.2 Å². The molecule has 1 fully saturated rings. The highest BCUT2D eigenvalue weighted by atomic mass is 32.2.